The van der Waals surface area contributed by atoms with Gasteiger partial charge in [0, 0.05) is 18.3 Å². The molecule has 0 saturated heterocycles. The molecule has 1 aromatic heterocycles. The zero-order valence-electron chi connectivity index (χ0n) is 10.1. The van der Waals surface area contributed by atoms with Crippen molar-refractivity contribution in [1.29, 1.82) is 0 Å². The third-order valence-corrected chi connectivity index (χ3v) is 2.97. The molecule has 3 heteroatoms. The summed E-state index contributed by atoms with van der Waals surface area (Å²) in [5.74, 6) is 0. The maximum absolute atomic E-state index is 6.05. The van der Waals surface area contributed by atoms with E-state index in [1.54, 1.807) is 0 Å². The van der Waals surface area contributed by atoms with Crippen LogP contribution in [0.4, 0.5) is 0 Å². The minimum absolute atomic E-state index is 0.122. The van der Waals surface area contributed by atoms with E-state index in [1.807, 2.05) is 12.5 Å². The lowest BCUT2D eigenvalue weighted by Gasteiger charge is -2.19. The third-order valence-electron chi connectivity index (χ3n) is 2.97. The summed E-state index contributed by atoms with van der Waals surface area (Å²) in [5, 5.41) is 0. The second-order valence-corrected chi connectivity index (χ2v) is 4.23. The van der Waals surface area contributed by atoms with Gasteiger partial charge in [-0.25, -0.2) is 4.98 Å². The van der Waals surface area contributed by atoms with E-state index in [0.29, 0.717) is 6.04 Å². The molecular formula is C12H23N3. The van der Waals surface area contributed by atoms with E-state index in [9.17, 15) is 0 Å². The summed E-state index contributed by atoms with van der Waals surface area (Å²) in [7, 11) is 0. The number of nitrogens with zero attached hydrogens (tertiary/aromatic N) is 2. The highest BCUT2D eigenvalue weighted by Gasteiger charge is 2.13. The van der Waals surface area contributed by atoms with E-state index in [2.05, 4.69) is 30.3 Å². The van der Waals surface area contributed by atoms with Crippen LogP contribution < -0.4 is 5.73 Å². The third kappa shape index (κ3) is 3.06. The van der Waals surface area contributed by atoms with Crippen LogP contribution in [0.3, 0.4) is 0 Å². The van der Waals surface area contributed by atoms with Crippen LogP contribution in [0.1, 0.15) is 64.2 Å². The van der Waals surface area contributed by atoms with Crippen molar-refractivity contribution in [2.75, 3.05) is 0 Å². The van der Waals surface area contributed by atoms with E-state index < -0.39 is 0 Å². The fraction of sp³-hybridized carbons (Fsp3) is 0.750. The number of hydrogen-bond acceptors (Lipinski definition) is 2. The summed E-state index contributed by atoms with van der Waals surface area (Å²) < 4.78 is 2.23. The van der Waals surface area contributed by atoms with Gasteiger partial charge in [-0.1, -0.05) is 26.7 Å². The van der Waals surface area contributed by atoms with Crippen LogP contribution in [0.25, 0.3) is 0 Å². The SMILES string of the molecule is CCCCC(C)n1cncc1[C@H](N)CC. The Bertz CT molecular complexity index is 280. The van der Waals surface area contributed by atoms with Gasteiger partial charge in [0.2, 0.25) is 0 Å². The second-order valence-electron chi connectivity index (χ2n) is 4.23. The van der Waals surface area contributed by atoms with Crippen molar-refractivity contribution < 1.29 is 0 Å². The van der Waals surface area contributed by atoms with Gasteiger partial charge in [0.1, 0.15) is 0 Å². The Kier molecular flexibility index (Phi) is 4.82. The average Bonchev–Trinajstić information content (AvgIpc) is 2.73. The number of rotatable bonds is 6. The van der Waals surface area contributed by atoms with Crippen LogP contribution in [0.2, 0.25) is 0 Å². The molecule has 1 rings (SSSR count). The Morgan fingerprint density at radius 2 is 2.20 bits per heavy atom. The first kappa shape index (κ1) is 12.2. The van der Waals surface area contributed by atoms with Crippen LogP contribution in [0.15, 0.2) is 12.5 Å². The molecule has 0 aliphatic rings. The van der Waals surface area contributed by atoms with Crippen molar-refractivity contribution in [2.24, 2.45) is 5.73 Å². The molecule has 1 aromatic rings. The van der Waals surface area contributed by atoms with Crippen LogP contribution in [0.5, 0.6) is 0 Å². The van der Waals surface area contributed by atoms with Crippen LogP contribution >= 0.6 is 0 Å². The molecule has 2 atom stereocenters. The molecule has 0 aliphatic carbocycles. The smallest absolute Gasteiger partial charge is 0.0951 e. The Morgan fingerprint density at radius 1 is 1.47 bits per heavy atom. The Hall–Kier alpha value is -0.830. The van der Waals surface area contributed by atoms with Gasteiger partial charge >= 0.3 is 0 Å². The monoisotopic (exact) mass is 209 g/mol. The summed E-state index contributed by atoms with van der Waals surface area (Å²) in [5.41, 5.74) is 7.21. The number of hydrogen-bond donors (Lipinski definition) is 1. The van der Waals surface area contributed by atoms with Crippen LogP contribution in [-0.4, -0.2) is 9.55 Å². The molecule has 0 radical (unpaired) electrons. The predicted octanol–water partition coefficient (Wildman–Crippen LogP) is 3.04. The van der Waals surface area contributed by atoms with Crippen molar-refractivity contribution in [1.82, 2.24) is 9.55 Å². The second kappa shape index (κ2) is 5.91. The molecular weight excluding hydrogens is 186 g/mol. The lowest BCUT2D eigenvalue weighted by Crippen LogP contribution is -2.16. The molecule has 0 aromatic carbocycles. The Labute approximate surface area is 92.7 Å². The van der Waals surface area contributed by atoms with Gasteiger partial charge in [0.15, 0.2) is 0 Å². The van der Waals surface area contributed by atoms with Gasteiger partial charge in [-0.3, -0.25) is 0 Å². The molecule has 1 heterocycles. The lowest BCUT2D eigenvalue weighted by molar-refractivity contribution is 0.457. The molecule has 86 valence electrons. The van der Waals surface area contributed by atoms with Crippen molar-refractivity contribution in [3.05, 3.63) is 18.2 Å². The number of unbranched alkanes of at least 4 members (excludes halogenated alkanes) is 1. The van der Waals surface area contributed by atoms with Crippen LogP contribution in [-0.2, 0) is 0 Å². The fourth-order valence-corrected chi connectivity index (χ4v) is 1.82. The fourth-order valence-electron chi connectivity index (χ4n) is 1.82. The van der Waals surface area contributed by atoms with Crippen molar-refractivity contribution in [3.63, 3.8) is 0 Å². The van der Waals surface area contributed by atoms with Gasteiger partial charge in [-0.15, -0.1) is 0 Å². The minimum Gasteiger partial charge on any atom is -0.330 e. The first-order chi connectivity index (χ1) is 7.20. The van der Waals surface area contributed by atoms with Gasteiger partial charge in [0.25, 0.3) is 0 Å². The highest BCUT2D eigenvalue weighted by Crippen LogP contribution is 2.21. The molecule has 2 N–H and O–H groups in total. The zero-order chi connectivity index (χ0) is 11.3. The number of imidazole rings is 1. The molecule has 0 fully saturated rings. The summed E-state index contributed by atoms with van der Waals surface area (Å²) in [6.45, 7) is 6.57. The van der Waals surface area contributed by atoms with E-state index in [-0.39, 0.29) is 6.04 Å². The maximum atomic E-state index is 6.05. The zero-order valence-corrected chi connectivity index (χ0v) is 10.1. The molecule has 0 spiro atoms. The minimum atomic E-state index is 0.122. The van der Waals surface area contributed by atoms with Crippen molar-refractivity contribution in [3.8, 4) is 0 Å². The van der Waals surface area contributed by atoms with E-state index in [4.69, 9.17) is 5.73 Å². The number of nitrogens with two attached hydrogens (primary N) is 1. The average molecular weight is 209 g/mol. The Morgan fingerprint density at radius 3 is 2.80 bits per heavy atom. The van der Waals surface area contributed by atoms with E-state index in [1.165, 1.54) is 25.0 Å². The lowest BCUT2D eigenvalue weighted by atomic mass is 10.1. The summed E-state index contributed by atoms with van der Waals surface area (Å²) in [4.78, 5) is 4.20. The van der Waals surface area contributed by atoms with Crippen molar-refractivity contribution in [2.45, 2.75) is 58.5 Å². The first-order valence-corrected chi connectivity index (χ1v) is 5.98. The molecule has 0 bridgehead atoms. The van der Waals surface area contributed by atoms with Gasteiger partial charge in [-0.2, -0.15) is 0 Å². The van der Waals surface area contributed by atoms with Crippen molar-refractivity contribution >= 4 is 0 Å². The maximum Gasteiger partial charge on any atom is 0.0951 e. The molecule has 0 saturated carbocycles. The summed E-state index contributed by atoms with van der Waals surface area (Å²) in [6, 6.07) is 0.636. The summed E-state index contributed by atoms with van der Waals surface area (Å²) >= 11 is 0. The Balaban J connectivity index is 2.71. The molecule has 0 aliphatic heterocycles. The largest absolute Gasteiger partial charge is 0.330 e. The molecule has 0 amide bonds. The van der Waals surface area contributed by atoms with Gasteiger partial charge in [0.05, 0.1) is 12.0 Å². The first-order valence-electron chi connectivity index (χ1n) is 5.98. The topological polar surface area (TPSA) is 43.8 Å². The van der Waals surface area contributed by atoms with E-state index in [0.717, 1.165) is 6.42 Å². The number of aromatic nitrogens is 2. The molecule has 1 unspecified atom stereocenters. The van der Waals surface area contributed by atoms with Gasteiger partial charge in [-0.05, 0) is 19.8 Å². The van der Waals surface area contributed by atoms with E-state index >= 15 is 0 Å². The molecule has 3 nitrogen and oxygen atoms in total. The highest BCUT2D eigenvalue weighted by atomic mass is 15.1. The quantitative estimate of drug-likeness (QED) is 0.782. The van der Waals surface area contributed by atoms with Gasteiger partial charge < -0.3 is 10.3 Å². The molecule has 15 heavy (non-hydrogen) atoms. The highest BCUT2D eigenvalue weighted by molar-refractivity contribution is 5.05. The summed E-state index contributed by atoms with van der Waals surface area (Å²) in [6.07, 6.45) is 8.48. The normalized spacial score (nSPS) is 15.2. The predicted molar refractivity (Wildman–Crippen MR) is 63.7 cm³/mol. The standard InChI is InChI=1S/C12H23N3/c1-4-6-7-10(3)15-9-14-8-12(15)11(13)5-2/h8-11H,4-7,13H2,1-3H3/t10?,11-/m1/s1. The van der Waals surface area contributed by atoms with Crippen LogP contribution in [0, 0.1) is 0 Å².